The van der Waals surface area contributed by atoms with Crippen molar-refractivity contribution in [2.45, 2.75) is 45.6 Å². The number of benzene rings is 1. The Morgan fingerprint density at radius 3 is 2.44 bits per heavy atom. The van der Waals surface area contributed by atoms with Gasteiger partial charge in [-0.2, -0.15) is 0 Å². The van der Waals surface area contributed by atoms with Crippen molar-refractivity contribution in [1.82, 2.24) is 15.5 Å². The molecule has 1 aliphatic heterocycles. The van der Waals surface area contributed by atoms with Crippen LogP contribution < -0.4 is 16.0 Å². The molecule has 0 aromatic heterocycles. The van der Waals surface area contributed by atoms with Crippen LogP contribution in [0.25, 0.3) is 0 Å². The minimum absolute atomic E-state index is 0. The van der Waals surface area contributed by atoms with Crippen LogP contribution in [0.15, 0.2) is 29.3 Å². The normalized spacial score (nSPS) is 15.0. The largest absolute Gasteiger partial charge is 0.355 e. The second kappa shape index (κ2) is 13.8. The lowest BCUT2D eigenvalue weighted by Crippen LogP contribution is -2.42. The fourth-order valence-electron chi connectivity index (χ4n) is 3.08. The lowest BCUT2D eigenvalue weighted by atomic mass is 10.1. The van der Waals surface area contributed by atoms with E-state index in [-0.39, 0.29) is 29.9 Å². The van der Waals surface area contributed by atoms with Gasteiger partial charge in [0.1, 0.15) is 0 Å². The fourth-order valence-corrected chi connectivity index (χ4v) is 3.08. The number of hydrogen-bond donors (Lipinski definition) is 3. The van der Waals surface area contributed by atoms with Gasteiger partial charge in [0.2, 0.25) is 5.91 Å². The van der Waals surface area contributed by atoms with Gasteiger partial charge in [0, 0.05) is 38.8 Å². The van der Waals surface area contributed by atoms with E-state index in [4.69, 9.17) is 0 Å². The number of guanidine groups is 1. The van der Waals surface area contributed by atoms with Gasteiger partial charge in [-0.05, 0) is 50.0 Å². The van der Waals surface area contributed by atoms with Crippen LogP contribution in [0, 0.1) is 0 Å². The molecule has 1 aliphatic rings. The van der Waals surface area contributed by atoms with E-state index >= 15 is 0 Å². The minimum Gasteiger partial charge on any atom is -0.355 e. The van der Waals surface area contributed by atoms with Gasteiger partial charge < -0.3 is 20.9 Å². The highest BCUT2D eigenvalue weighted by molar-refractivity contribution is 14.0. The molecular formula is C20H34IN5O. The number of amides is 1. The first-order valence-corrected chi connectivity index (χ1v) is 9.77. The summed E-state index contributed by atoms with van der Waals surface area (Å²) in [5, 5.41) is 9.62. The molecule has 3 N–H and O–H groups in total. The van der Waals surface area contributed by atoms with Gasteiger partial charge in [0.25, 0.3) is 0 Å². The molecule has 0 atom stereocenters. The van der Waals surface area contributed by atoms with Crippen molar-refractivity contribution in [2.24, 2.45) is 4.99 Å². The molecule has 1 amide bonds. The number of carbonyl (C=O) groups is 1. The quantitative estimate of drug-likeness (QED) is 0.299. The van der Waals surface area contributed by atoms with Crippen molar-refractivity contribution < 1.29 is 4.79 Å². The molecule has 0 unspecified atom stereocenters. The molecule has 0 radical (unpaired) electrons. The molecule has 1 saturated heterocycles. The monoisotopic (exact) mass is 487 g/mol. The molecule has 27 heavy (non-hydrogen) atoms. The SMILES string of the molecule is CCCC(=O)Nc1ccc(CNC(=NC)NCCN2CCCCC2)cc1.I. The number of hydrogen-bond acceptors (Lipinski definition) is 3. The predicted octanol–water partition coefficient (Wildman–Crippen LogP) is 3.19. The Labute approximate surface area is 180 Å². The number of rotatable bonds is 8. The summed E-state index contributed by atoms with van der Waals surface area (Å²) in [5.41, 5.74) is 1.99. The maximum atomic E-state index is 11.6. The van der Waals surface area contributed by atoms with Gasteiger partial charge in [-0.1, -0.05) is 25.5 Å². The average molecular weight is 487 g/mol. The zero-order chi connectivity index (χ0) is 18.6. The molecule has 0 spiro atoms. The molecule has 1 aromatic rings. The average Bonchev–Trinajstić information content (AvgIpc) is 2.66. The summed E-state index contributed by atoms with van der Waals surface area (Å²) in [6.07, 6.45) is 5.43. The summed E-state index contributed by atoms with van der Waals surface area (Å²) in [6, 6.07) is 7.93. The van der Waals surface area contributed by atoms with Gasteiger partial charge in [0.15, 0.2) is 5.96 Å². The van der Waals surface area contributed by atoms with Crippen LogP contribution in [-0.2, 0) is 11.3 Å². The number of halogens is 1. The van der Waals surface area contributed by atoms with E-state index in [1.165, 1.54) is 32.4 Å². The highest BCUT2D eigenvalue weighted by atomic mass is 127. The van der Waals surface area contributed by atoms with Crippen LogP contribution in [-0.4, -0.2) is 50.0 Å². The van der Waals surface area contributed by atoms with E-state index in [1.807, 2.05) is 31.2 Å². The summed E-state index contributed by atoms with van der Waals surface area (Å²) < 4.78 is 0. The van der Waals surface area contributed by atoms with E-state index in [1.54, 1.807) is 7.05 Å². The molecule has 1 heterocycles. The minimum atomic E-state index is 0. The van der Waals surface area contributed by atoms with Gasteiger partial charge in [-0.15, -0.1) is 24.0 Å². The molecule has 2 rings (SSSR count). The second-order valence-corrected chi connectivity index (χ2v) is 6.75. The van der Waals surface area contributed by atoms with Crippen molar-refractivity contribution in [3.8, 4) is 0 Å². The number of aliphatic imine (C=N–C) groups is 1. The fraction of sp³-hybridized carbons (Fsp3) is 0.600. The lowest BCUT2D eigenvalue weighted by Gasteiger charge is -2.26. The standard InChI is InChI=1S/C20H33N5O.HI/c1-3-7-19(26)24-18-10-8-17(9-11-18)16-23-20(21-2)22-12-15-25-13-5-4-6-14-25;/h8-11H,3-7,12-16H2,1-2H3,(H,24,26)(H2,21,22,23);1H. The summed E-state index contributed by atoms with van der Waals surface area (Å²) in [6.45, 7) is 7.10. The number of anilines is 1. The summed E-state index contributed by atoms with van der Waals surface area (Å²) in [7, 11) is 1.79. The predicted molar refractivity (Wildman–Crippen MR) is 124 cm³/mol. The Kier molecular flexibility index (Phi) is 12.1. The van der Waals surface area contributed by atoms with E-state index in [0.717, 1.165) is 36.7 Å². The maximum absolute atomic E-state index is 11.6. The van der Waals surface area contributed by atoms with Gasteiger partial charge in [-0.25, -0.2) is 0 Å². The third-order valence-corrected chi connectivity index (χ3v) is 4.57. The Balaban J connectivity index is 0.00000364. The summed E-state index contributed by atoms with van der Waals surface area (Å²) in [5.74, 6) is 0.888. The molecule has 1 aromatic carbocycles. The van der Waals surface area contributed by atoms with Gasteiger partial charge in [0.05, 0.1) is 0 Å². The first kappa shape index (κ1) is 23.7. The zero-order valence-corrected chi connectivity index (χ0v) is 18.9. The first-order valence-electron chi connectivity index (χ1n) is 9.77. The molecule has 152 valence electrons. The second-order valence-electron chi connectivity index (χ2n) is 6.75. The Morgan fingerprint density at radius 1 is 1.11 bits per heavy atom. The highest BCUT2D eigenvalue weighted by Gasteiger charge is 2.09. The maximum Gasteiger partial charge on any atom is 0.224 e. The number of carbonyl (C=O) groups excluding carboxylic acids is 1. The number of piperidine rings is 1. The van der Waals surface area contributed by atoms with Crippen LogP contribution in [0.5, 0.6) is 0 Å². The van der Waals surface area contributed by atoms with E-state index in [9.17, 15) is 4.79 Å². The summed E-state index contributed by atoms with van der Waals surface area (Å²) >= 11 is 0. The Hall–Kier alpha value is -1.35. The number of nitrogens with zero attached hydrogens (tertiary/aromatic N) is 2. The molecule has 0 aliphatic carbocycles. The van der Waals surface area contributed by atoms with Gasteiger partial charge in [-0.3, -0.25) is 9.79 Å². The van der Waals surface area contributed by atoms with Gasteiger partial charge >= 0.3 is 0 Å². The molecule has 0 saturated carbocycles. The molecular weight excluding hydrogens is 453 g/mol. The van der Waals surface area contributed by atoms with Crippen LogP contribution in [0.2, 0.25) is 0 Å². The molecule has 7 heteroatoms. The molecule has 0 bridgehead atoms. The third-order valence-electron chi connectivity index (χ3n) is 4.57. The first-order chi connectivity index (χ1) is 12.7. The van der Waals surface area contributed by atoms with E-state index in [0.29, 0.717) is 13.0 Å². The van der Waals surface area contributed by atoms with Crippen molar-refractivity contribution in [3.63, 3.8) is 0 Å². The smallest absolute Gasteiger partial charge is 0.224 e. The highest BCUT2D eigenvalue weighted by Crippen LogP contribution is 2.10. The third kappa shape index (κ3) is 9.41. The van der Waals surface area contributed by atoms with Crippen molar-refractivity contribution in [1.29, 1.82) is 0 Å². The van der Waals surface area contributed by atoms with Crippen molar-refractivity contribution in [2.75, 3.05) is 38.5 Å². The summed E-state index contributed by atoms with van der Waals surface area (Å²) in [4.78, 5) is 18.4. The Bertz CT molecular complexity index is 570. The number of nitrogens with one attached hydrogen (secondary N) is 3. The van der Waals surface area contributed by atoms with Crippen LogP contribution in [0.3, 0.4) is 0 Å². The Morgan fingerprint density at radius 2 is 1.81 bits per heavy atom. The van der Waals surface area contributed by atoms with E-state index < -0.39 is 0 Å². The van der Waals surface area contributed by atoms with E-state index in [2.05, 4.69) is 25.8 Å². The lowest BCUT2D eigenvalue weighted by molar-refractivity contribution is -0.116. The topological polar surface area (TPSA) is 68.8 Å². The number of likely N-dealkylation sites (tertiary alicyclic amines) is 1. The molecule has 6 nitrogen and oxygen atoms in total. The van der Waals surface area contributed by atoms with Crippen LogP contribution >= 0.6 is 24.0 Å². The van der Waals surface area contributed by atoms with Crippen LogP contribution in [0.1, 0.15) is 44.6 Å². The zero-order valence-electron chi connectivity index (χ0n) is 16.6. The molecule has 1 fully saturated rings. The van der Waals surface area contributed by atoms with Crippen LogP contribution in [0.4, 0.5) is 5.69 Å². The van der Waals surface area contributed by atoms with Crippen molar-refractivity contribution in [3.05, 3.63) is 29.8 Å². The van der Waals surface area contributed by atoms with Crippen molar-refractivity contribution >= 4 is 41.5 Å².